The van der Waals surface area contributed by atoms with Gasteiger partial charge in [0.1, 0.15) is 5.75 Å². The summed E-state index contributed by atoms with van der Waals surface area (Å²) in [4.78, 5) is 12.9. The van der Waals surface area contributed by atoms with E-state index in [1.807, 2.05) is 29.6 Å². The molecular formula is C15H13N3O3S2. The van der Waals surface area contributed by atoms with Crippen LogP contribution < -0.4 is 10.1 Å². The summed E-state index contributed by atoms with van der Waals surface area (Å²) in [6.07, 6.45) is 0. The van der Waals surface area contributed by atoms with Gasteiger partial charge in [0, 0.05) is 0 Å². The quantitative estimate of drug-likeness (QED) is 0.687. The fourth-order valence-electron chi connectivity index (χ4n) is 1.83. The number of aromatic nitrogens is 2. The lowest BCUT2D eigenvalue weighted by Crippen LogP contribution is -2.14. The van der Waals surface area contributed by atoms with Crippen LogP contribution in [0.2, 0.25) is 0 Å². The Balaban J connectivity index is 1.57. The zero-order valence-electron chi connectivity index (χ0n) is 12.2. The van der Waals surface area contributed by atoms with Crippen molar-refractivity contribution in [1.29, 1.82) is 0 Å². The van der Waals surface area contributed by atoms with E-state index >= 15 is 0 Å². The summed E-state index contributed by atoms with van der Waals surface area (Å²) in [5.41, 5.74) is 0.630. The zero-order valence-corrected chi connectivity index (χ0v) is 13.8. The highest BCUT2D eigenvalue weighted by Gasteiger charge is 2.12. The number of thiophene rings is 1. The summed E-state index contributed by atoms with van der Waals surface area (Å²) in [5.74, 6) is 1.08. The minimum Gasteiger partial charge on any atom is -0.495 e. The monoisotopic (exact) mass is 347 g/mol. The molecule has 0 saturated carbocycles. The van der Waals surface area contributed by atoms with Gasteiger partial charge in [-0.1, -0.05) is 30.0 Å². The molecule has 2 heterocycles. The molecule has 3 aromatic rings. The van der Waals surface area contributed by atoms with E-state index in [1.54, 1.807) is 19.2 Å². The third-order valence-electron chi connectivity index (χ3n) is 2.85. The Morgan fingerprint density at radius 2 is 2.17 bits per heavy atom. The van der Waals surface area contributed by atoms with Crippen LogP contribution in [0.25, 0.3) is 10.8 Å². The van der Waals surface area contributed by atoms with Crippen LogP contribution >= 0.6 is 23.1 Å². The fraction of sp³-hybridized carbons (Fsp3) is 0.133. The van der Waals surface area contributed by atoms with Gasteiger partial charge in [0.15, 0.2) is 0 Å². The summed E-state index contributed by atoms with van der Waals surface area (Å²) in [6.45, 7) is 0. The lowest BCUT2D eigenvalue weighted by Gasteiger charge is -2.08. The van der Waals surface area contributed by atoms with Crippen molar-refractivity contribution in [2.75, 3.05) is 18.2 Å². The molecule has 8 heteroatoms. The first kappa shape index (κ1) is 15.6. The first-order valence-electron chi connectivity index (χ1n) is 6.69. The molecule has 3 rings (SSSR count). The van der Waals surface area contributed by atoms with Crippen LogP contribution in [0.15, 0.2) is 51.4 Å². The number of ether oxygens (including phenoxy) is 1. The van der Waals surface area contributed by atoms with Crippen molar-refractivity contribution in [3.8, 4) is 16.5 Å². The fourth-order valence-corrected chi connectivity index (χ4v) is 3.04. The molecule has 0 bridgehead atoms. The maximum Gasteiger partial charge on any atom is 0.277 e. The van der Waals surface area contributed by atoms with Gasteiger partial charge in [0.2, 0.25) is 5.91 Å². The van der Waals surface area contributed by atoms with Crippen LogP contribution in [-0.2, 0) is 4.79 Å². The molecule has 6 nitrogen and oxygen atoms in total. The SMILES string of the molecule is COc1ccccc1NC(=O)CSc1nnc(-c2cccs2)o1. The Morgan fingerprint density at radius 3 is 2.96 bits per heavy atom. The smallest absolute Gasteiger partial charge is 0.277 e. The molecule has 1 amide bonds. The average molecular weight is 347 g/mol. The Hall–Kier alpha value is -2.32. The predicted octanol–water partition coefficient (Wildman–Crippen LogP) is 3.54. The molecule has 0 aliphatic carbocycles. The number of carbonyl (C=O) groups excluding carboxylic acids is 1. The van der Waals surface area contributed by atoms with E-state index in [4.69, 9.17) is 9.15 Å². The van der Waals surface area contributed by atoms with Crippen molar-refractivity contribution in [2.45, 2.75) is 5.22 Å². The van der Waals surface area contributed by atoms with Crippen molar-refractivity contribution in [1.82, 2.24) is 10.2 Å². The molecule has 2 aromatic heterocycles. The largest absolute Gasteiger partial charge is 0.495 e. The van der Waals surface area contributed by atoms with E-state index in [2.05, 4.69) is 15.5 Å². The van der Waals surface area contributed by atoms with Crippen LogP contribution in [-0.4, -0.2) is 29.0 Å². The van der Waals surface area contributed by atoms with Crippen molar-refractivity contribution >= 4 is 34.7 Å². The van der Waals surface area contributed by atoms with Gasteiger partial charge in [0.05, 0.1) is 23.4 Å². The normalized spacial score (nSPS) is 10.5. The van der Waals surface area contributed by atoms with Crippen molar-refractivity contribution in [3.63, 3.8) is 0 Å². The van der Waals surface area contributed by atoms with Gasteiger partial charge in [-0.3, -0.25) is 4.79 Å². The van der Waals surface area contributed by atoms with Gasteiger partial charge in [-0.25, -0.2) is 0 Å². The second-order valence-corrected chi connectivity index (χ2v) is 6.26. The summed E-state index contributed by atoms with van der Waals surface area (Å²) < 4.78 is 10.7. The van der Waals surface area contributed by atoms with Gasteiger partial charge in [-0.15, -0.1) is 21.5 Å². The van der Waals surface area contributed by atoms with Gasteiger partial charge < -0.3 is 14.5 Å². The second kappa shape index (κ2) is 7.30. The molecule has 1 aromatic carbocycles. The van der Waals surface area contributed by atoms with Crippen LogP contribution in [0.4, 0.5) is 5.69 Å². The molecule has 0 radical (unpaired) electrons. The molecule has 0 aliphatic heterocycles. The van der Waals surface area contributed by atoms with Crippen LogP contribution in [0, 0.1) is 0 Å². The highest BCUT2D eigenvalue weighted by atomic mass is 32.2. The number of thioether (sulfide) groups is 1. The highest BCUT2D eigenvalue weighted by molar-refractivity contribution is 7.99. The van der Waals surface area contributed by atoms with Crippen LogP contribution in [0.5, 0.6) is 5.75 Å². The minimum atomic E-state index is -0.171. The van der Waals surface area contributed by atoms with Crippen molar-refractivity contribution in [2.24, 2.45) is 0 Å². The van der Waals surface area contributed by atoms with E-state index in [1.165, 1.54) is 23.1 Å². The number of hydrogen-bond donors (Lipinski definition) is 1. The van der Waals surface area contributed by atoms with Crippen molar-refractivity contribution < 1.29 is 13.9 Å². The number of para-hydroxylation sites is 2. The second-order valence-electron chi connectivity index (χ2n) is 4.39. The Kier molecular flexibility index (Phi) is 4.94. The lowest BCUT2D eigenvalue weighted by molar-refractivity contribution is -0.113. The van der Waals surface area contributed by atoms with E-state index in [0.29, 0.717) is 22.6 Å². The summed E-state index contributed by atoms with van der Waals surface area (Å²) in [6, 6.07) is 11.1. The van der Waals surface area contributed by atoms with Gasteiger partial charge in [-0.2, -0.15) is 0 Å². The Bertz CT molecular complexity index is 787. The predicted molar refractivity (Wildman–Crippen MR) is 90.0 cm³/mol. The maximum atomic E-state index is 12.0. The lowest BCUT2D eigenvalue weighted by atomic mass is 10.3. The molecule has 0 unspecified atom stereocenters. The van der Waals surface area contributed by atoms with E-state index < -0.39 is 0 Å². The summed E-state index contributed by atoms with van der Waals surface area (Å²) >= 11 is 2.71. The molecular weight excluding hydrogens is 334 g/mol. The maximum absolute atomic E-state index is 12.0. The first-order valence-corrected chi connectivity index (χ1v) is 8.56. The summed E-state index contributed by atoms with van der Waals surface area (Å²) in [5, 5.41) is 13.0. The number of hydrogen-bond acceptors (Lipinski definition) is 7. The van der Waals surface area contributed by atoms with E-state index in [9.17, 15) is 4.79 Å². The number of benzene rings is 1. The number of nitrogens with one attached hydrogen (secondary N) is 1. The van der Waals surface area contributed by atoms with Gasteiger partial charge >= 0.3 is 0 Å². The Labute approximate surface area is 140 Å². The standard InChI is InChI=1S/C15H13N3O3S2/c1-20-11-6-3-2-5-10(11)16-13(19)9-23-15-18-17-14(21-15)12-7-4-8-22-12/h2-8H,9H2,1H3,(H,16,19). The molecule has 0 atom stereocenters. The highest BCUT2D eigenvalue weighted by Crippen LogP contribution is 2.27. The molecule has 0 fully saturated rings. The number of methoxy groups -OCH3 is 1. The zero-order chi connectivity index (χ0) is 16.1. The van der Waals surface area contributed by atoms with Gasteiger partial charge in [-0.05, 0) is 23.6 Å². The molecule has 1 N–H and O–H groups in total. The van der Waals surface area contributed by atoms with Crippen LogP contribution in [0.3, 0.4) is 0 Å². The van der Waals surface area contributed by atoms with Gasteiger partial charge in [0.25, 0.3) is 11.1 Å². The summed E-state index contributed by atoms with van der Waals surface area (Å²) in [7, 11) is 1.56. The number of nitrogens with zero attached hydrogens (tertiary/aromatic N) is 2. The molecule has 118 valence electrons. The molecule has 0 spiro atoms. The minimum absolute atomic E-state index is 0.171. The van der Waals surface area contributed by atoms with Crippen LogP contribution in [0.1, 0.15) is 0 Å². The third-order valence-corrected chi connectivity index (χ3v) is 4.52. The number of amides is 1. The van der Waals surface area contributed by atoms with Crippen molar-refractivity contribution in [3.05, 3.63) is 41.8 Å². The third kappa shape index (κ3) is 3.91. The topological polar surface area (TPSA) is 77.2 Å². The molecule has 0 aliphatic rings. The first-order chi connectivity index (χ1) is 11.3. The number of anilines is 1. The molecule has 23 heavy (non-hydrogen) atoms. The average Bonchev–Trinajstić information content (AvgIpc) is 3.24. The molecule has 0 saturated heterocycles. The number of rotatable bonds is 6. The number of carbonyl (C=O) groups is 1. The Morgan fingerprint density at radius 1 is 1.30 bits per heavy atom. The van der Waals surface area contributed by atoms with E-state index in [0.717, 1.165) is 4.88 Å². The van der Waals surface area contributed by atoms with E-state index in [-0.39, 0.29) is 11.7 Å².